The van der Waals surface area contributed by atoms with Gasteiger partial charge in [0.25, 0.3) is 5.89 Å². The summed E-state index contributed by atoms with van der Waals surface area (Å²) in [5.74, 6) is 1.75. The fourth-order valence-corrected chi connectivity index (χ4v) is 3.52. The van der Waals surface area contributed by atoms with Crippen molar-refractivity contribution in [1.82, 2.24) is 15.0 Å². The molecule has 7 nitrogen and oxygen atoms in total. The van der Waals surface area contributed by atoms with E-state index in [1.54, 1.807) is 0 Å². The molecule has 1 saturated heterocycles. The van der Waals surface area contributed by atoms with Crippen LogP contribution in [0.2, 0.25) is 0 Å². The molecule has 28 heavy (non-hydrogen) atoms. The van der Waals surface area contributed by atoms with Crippen molar-refractivity contribution < 1.29 is 14.1 Å². The van der Waals surface area contributed by atoms with Crippen molar-refractivity contribution in [1.29, 1.82) is 0 Å². The Morgan fingerprint density at radius 3 is 2.89 bits per heavy atom. The average molecular weight is 384 g/mol. The maximum atomic E-state index is 12.9. The highest BCUT2D eigenvalue weighted by Gasteiger charge is 2.32. The number of hydrogen-bond donors (Lipinski definition) is 1. The van der Waals surface area contributed by atoms with E-state index in [9.17, 15) is 4.79 Å². The first-order valence-electron chi connectivity index (χ1n) is 10.2. The third kappa shape index (κ3) is 4.52. The Balaban J connectivity index is 1.41. The van der Waals surface area contributed by atoms with Crippen LogP contribution in [0.25, 0.3) is 0 Å². The predicted octanol–water partition coefficient (Wildman–Crippen LogP) is 4.37. The highest BCUT2D eigenvalue weighted by atomic mass is 16.5. The first kappa shape index (κ1) is 18.9. The SMILES string of the molecule is Cc1ccc(NC(=O)N2CCCCC2c2noc(COCC3CC3)n2)cc1C. The lowest BCUT2D eigenvalue weighted by Crippen LogP contribution is -2.41. The van der Waals surface area contributed by atoms with Gasteiger partial charge in [0.15, 0.2) is 5.82 Å². The van der Waals surface area contributed by atoms with Crippen LogP contribution in [0, 0.1) is 19.8 Å². The third-order valence-corrected chi connectivity index (χ3v) is 5.58. The second kappa shape index (κ2) is 8.31. The minimum atomic E-state index is -0.166. The molecule has 150 valence electrons. The van der Waals surface area contributed by atoms with Crippen LogP contribution in [0.1, 0.15) is 61.0 Å². The minimum Gasteiger partial charge on any atom is -0.371 e. The lowest BCUT2D eigenvalue weighted by Gasteiger charge is -2.33. The van der Waals surface area contributed by atoms with Gasteiger partial charge in [-0.25, -0.2) is 4.79 Å². The Morgan fingerprint density at radius 1 is 1.25 bits per heavy atom. The van der Waals surface area contributed by atoms with E-state index in [1.165, 1.54) is 18.4 Å². The molecule has 1 aromatic carbocycles. The van der Waals surface area contributed by atoms with Gasteiger partial charge in [0.1, 0.15) is 6.61 Å². The lowest BCUT2D eigenvalue weighted by molar-refractivity contribution is 0.0894. The summed E-state index contributed by atoms with van der Waals surface area (Å²) in [5, 5.41) is 7.15. The lowest BCUT2D eigenvalue weighted by atomic mass is 10.0. The minimum absolute atomic E-state index is 0.121. The number of likely N-dealkylation sites (tertiary alicyclic amines) is 1. The van der Waals surface area contributed by atoms with Gasteiger partial charge in [-0.2, -0.15) is 4.98 Å². The molecule has 2 aromatic rings. The van der Waals surface area contributed by atoms with Crippen molar-refractivity contribution in [3.8, 4) is 0 Å². The molecule has 7 heteroatoms. The van der Waals surface area contributed by atoms with E-state index in [1.807, 2.05) is 30.0 Å². The molecule has 1 saturated carbocycles. The second-order valence-corrected chi connectivity index (χ2v) is 7.94. The van der Waals surface area contributed by atoms with Gasteiger partial charge < -0.3 is 19.5 Å². The Bertz CT molecular complexity index is 831. The van der Waals surface area contributed by atoms with Crippen LogP contribution in [0.5, 0.6) is 0 Å². The third-order valence-electron chi connectivity index (χ3n) is 5.58. The molecule has 2 fully saturated rings. The molecule has 0 bridgehead atoms. The molecule has 1 atom stereocenters. The largest absolute Gasteiger partial charge is 0.371 e. The fourth-order valence-electron chi connectivity index (χ4n) is 3.52. The van der Waals surface area contributed by atoms with Crippen LogP contribution in [0.3, 0.4) is 0 Å². The first-order chi connectivity index (χ1) is 13.6. The van der Waals surface area contributed by atoms with E-state index in [4.69, 9.17) is 9.26 Å². The Hall–Kier alpha value is -2.41. The molecule has 0 spiro atoms. The Kier molecular flexibility index (Phi) is 5.62. The molecule has 1 unspecified atom stereocenters. The zero-order valence-electron chi connectivity index (χ0n) is 16.6. The number of nitrogens with one attached hydrogen (secondary N) is 1. The second-order valence-electron chi connectivity index (χ2n) is 7.94. The maximum Gasteiger partial charge on any atom is 0.322 e. The molecule has 1 aliphatic carbocycles. The van der Waals surface area contributed by atoms with Crippen LogP contribution in [-0.2, 0) is 11.3 Å². The normalized spacial score (nSPS) is 19.6. The van der Waals surface area contributed by atoms with Gasteiger partial charge in [-0.15, -0.1) is 0 Å². The number of hydrogen-bond acceptors (Lipinski definition) is 5. The van der Waals surface area contributed by atoms with Crippen molar-refractivity contribution >= 4 is 11.7 Å². The van der Waals surface area contributed by atoms with Crippen LogP contribution < -0.4 is 5.32 Å². The highest BCUT2D eigenvalue weighted by Crippen LogP contribution is 2.31. The first-order valence-corrected chi connectivity index (χ1v) is 10.2. The molecule has 2 heterocycles. The number of carbonyl (C=O) groups excluding carboxylic acids is 1. The van der Waals surface area contributed by atoms with Crippen LogP contribution >= 0.6 is 0 Å². The topological polar surface area (TPSA) is 80.5 Å². The Morgan fingerprint density at radius 2 is 2.11 bits per heavy atom. The van der Waals surface area contributed by atoms with Crippen molar-refractivity contribution in [2.45, 2.75) is 58.6 Å². The van der Waals surface area contributed by atoms with E-state index < -0.39 is 0 Å². The Labute approximate surface area is 165 Å². The average Bonchev–Trinajstić information content (AvgIpc) is 3.40. The molecule has 2 aliphatic rings. The molecule has 0 radical (unpaired) electrons. The number of carbonyl (C=O) groups is 1. The van der Waals surface area contributed by atoms with Crippen LogP contribution in [0.15, 0.2) is 22.7 Å². The summed E-state index contributed by atoms with van der Waals surface area (Å²) in [7, 11) is 0. The van der Waals surface area contributed by atoms with Crippen LogP contribution in [-0.4, -0.2) is 34.2 Å². The van der Waals surface area contributed by atoms with Gasteiger partial charge in [-0.05, 0) is 75.1 Å². The molecule has 4 rings (SSSR count). The monoisotopic (exact) mass is 384 g/mol. The number of urea groups is 1. The van der Waals surface area contributed by atoms with E-state index in [0.29, 0.717) is 30.8 Å². The standard InChI is InChI=1S/C21H28N4O3/c1-14-6-9-17(11-15(14)2)22-21(26)25-10-4-3-5-18(25)20-23-19(28-24-20)13-27-12-16-7-8-16/h6,9,11,16,18H,3-5,7-8,10,12-13H2,1-2H3,(H,22,26). The predicted molar refractivity (Wildman–Crippen MR) is 105 cm³/mol. The van der Waals surface area contributed by atoms with Gasteiger partial charge in [-0.3, -0.25) is 0 Å². The number of piperidine rings is 1. The van der Waals surface area contributed by atoms with E-state index in [0.717, 1.165) is 37.1 Å². The van der Waals surface area contributed by atoms with E-state index in [2.05, 4.69) is 22.4 Å². The molecular formula is C21H28N4O3. The summed E-state index contributed by atoms with van der Waals surface area (Å²) in [5.41, 5.74) is 3.17. The number of nitrogens with zero attached hydrogens (tertiary/aromatic N) is 3. The van der Waals surface area contributed by atoms with Crippen molar-refractivity contribution in [2.75, 3.05) is 18.5 Å². The molecule has 1 N–H and O–H groups in total. The summed E-state index contributed by atoms with van der Waals surface area (Å²) in [6, 6.07) is 5.66. The molecule has 1 aromatic heterocycles. The zero-order valence-corrected chi connectivity index (χ0v) is 16.6. The summed E-state index contributed by atoms with van der Waals surface area (Å²) >= 11 is 0. The number of aromatic nitrogens is 2. The number of amides is 2. The number of ether oxygens (including phenoxy) is 1. The maximum absolute atomic E-state index is 12.9. The van der Waals surface area contributed by atoms with Gasteiger partial charge in [0.2, 0.25) is 0 Å². The number of benzene rings is 1. The van der Waals surface area contributed by atoms with Gasteiger partial charge in [-0.1, -0.05) is 11.2 Å². The van der Waals surface area contributed by atoms with Gasteiger partial charge in [0, 0.05) is 12.2 Å². The zero-order chi connectivity index (χ0) is 19.5. The summed E-state index contributed by atoms with van der Waals surface area (Å²) in [6.45, 7) is 5.88. The van der Waals surface area contributed by atoms with Gasteiger partial charge in [0.05, 0.1) is 12.6 Å². The molecular weight excluding hydrogens is 356 g/mol. The summed E-state index contributed by atoms with van der Waals surface area (Å²) < 4.78 is 11.0. The quantitative estimate of drug-likeness (QED) is 0.800. The number of rotatable bonds is 6. The van der Waals surface area contributed by atoms with Gasteiger partial charge >= 0.3 is 6.03 Å². The van der Waals surface area contributed by atoms with Crippen LogP contribution in [0.4, 0.5) is 10.5 Å². The van der Waals surface area contributed by atoms with Crippen molar-refractivity contribution in [3.05, 3.63) is 41.0 Å². The fraction of sp³-hybridized carbons (Fsp3) is 0.571. The van der Waals surface area contributed by atoms with Crippen molar-refractivity contribution in [2.24, 2.45) is 5.92 Å². The highest BCUT2D eigenvalue weighted by molar-refractivity contribution is 5.89. The molecule has 1 aliphatic heterocycles. The van der Waals surface area contributed by atoms with E-state index in [-0.39, 0.29) is 12.1 Å². The summed E-state index contributed by atoms with van der Waals surface area (Å²) in [6.07, 6.45) is 5.36. The smallest absolute Gasteiger partial charge is 0.322 e. The van der Waals surface area contributed by atoms with E-state index >= 15 is 0 Å². The summed E-state index contributed by atoms with van der Waals surface area (Å²) in [4.78, 5) is 19.2. The van der Waals surface area contributed by atoms with Crippen molar-refractivity contribution in [3.63, 3.8) is 0 Å². The molecule has 2 amide bonds. The number of anilines is 1. The number of aryl methyl sites for hydroxylation is 2.